The standard InChI is InChI=1S/C13H20F3N/c14-13(15,16)12(6-7-12)17-11-3-1-2-10(8-11)9-4-5-9/h9-11,17H,1-8H2. The number of hydrogen-bond donors (Lipinski definition) is 1. The molecule has 0 aromatic carbocycles. The Kier molecular flexibility index (Phi) is 2.69. The molecule has 0 heterocycles. The van der Waals surface area contributed by atoms with Gasteiger partial charge in [0.1, 0.15) is 5.54 Å². The SMILES string of the molecule is FC(F)(F)C1(NC2CCCC(C3CC3)C2)CC1. The predicted molar refractivity (Wildman–Crippen MR) is 59.6 cm³/mol. The van der Waals surface area contributed by atoms with Crippen molar-refractivity contribution in [2.75, 3.05) is 0 Å². The van der Waals surface area contributed by atoms with E-state index in [1.165, 1.54) is 19.3 Å². The van der Waals surface area contributed by atoms with Crippen LogP contribution < -0.4 is 5.32 Å². The van der Waals surface area contributed by atoms with Crippen molar-refractivity contribution < 1.29 is 13.2 Å². The molecule has 3 aliphatic carbocycles. The molecule has 0 bridgehead atoms. The fourth-order valence-electron chi connectivity index (χ4n) is 3.38. The minimum absolute atomic E-state index is 0.110. The Morgan fingerprint density at radius 1 is 0.941 bits per heavy atom. The normalized spacial score (nSPS) is 36.9. The van der Waals surface area contributed by atoms with E-state index in [1.807, 2.05) is 0 Å². The highest BCUT2D eigenvalue weighted by Crippen LogP contribution is 2.51. The topological polar surface area (TPSA) is 12.0 Å². The van der Waals surface area contributed by atoms with E-state index < -0.39 is 11.7 Å². The average Bonchev–Trinajstić information content (AvgIpc) is 3.12. The third kappa shape index (κ3) is 2.33. The third-order valence-electron chi connectivity index (χ3n) is 4.78. The lowest BCUT2D eigenvalue weighted by molar-refractivity contribution is -0.168. The van der Waals surface area contributed by atoms with Gasteiger partial charge in [-0.25, -0.2) is 0 Å². The maximum absolute atomic E-state index is 12.9. The molecule has 0 aliphatic heterocycles. The smallest absolute Gasteiger partial charge is 0.301 e. The van der Waals surface area contributed by atoms with Crippen molar-refractivity contribution in [3.05, 3.63) is 0 Å². The highest BCUT2D eigenvalue weighted by molar-refractivity contribution is 5.09. The molecule has 98 valence electrons. The van der Waals surface area contributed by atoms with E-state index in [0.29, 0.717) is 5.92 Å². The summed E-state index contributed by atoms with van der Waals surface area (Å²) in [6.45, 7) is 0. The summed E-state index contributed by atoms with van der Waals surface area (Å²) in [5.41, 5.74) is -1.51. The van der Waals surface area contributed by atoms with Gasteiger partial charge in [-0.15, -0.1) is 0 Å². The van der Waals surface area contributed by atoms with E-state index in [2.05, 4.69) is 5.32 Å². The van der Waals surface area contributed by atoms with E-state index in [4.69, 9.17) is 0 Å². The van der Waals surface area contributed by atoms with Crippen molar-refractivity contribution in [2.45, 2.75) is 69.1 Å². The van der Waals surface area contributed by atoms with Crippen LogP contribution in [0.1, 0.15) is 51.4 Å². The second kappa shape index (κ2) is 3.87. The van der Waals surface area contributed by atoms with Crippen LogP contribution in [0.25, 0.3) is 0 Å². The summed E-state index contributed by atoms with van der Waals surface area (Å²) in [5, 5.41) is 2.93. The Balaban J connectivity index is 1.58. The van der Waals surface area contributed by atoms with Crippen molar-refractivity contribution in [1.29, 1.82) is 0 Å². The minimum Gasteiger partial charge on any atom is -0.301 e. The molecule has 3 saturated carbocycles. The zero-order valence-corrected chi connectivity index (χ0v) is 10.0. The maximum atomic E-state index is 12.9. The average molecular weight is 247 g/mol. The number of hydrogen-bond acceptors (Lipinski definition) is 1. The molecule has 0 amide bonds. The molecule has 2 atom stereocenters. The van der Waals surface area contributed by atoms with Gasteiger partial charge in [-0.2, -0.15) is 13.2 Å². The first-order valence-corrected chi connectivity index (χ1v) is 6.85. The summed E-state index contributed by atoms with van der Waals surface area (Å²) >= 11 is 0. The van der Waals surface area contributed by atoms with Gasteiger partial charge in [0.05, 0.1) is 0 Å². The molecule has 0 aromatic rings. The summed E-state index contributed by atoms with van der Waals surface area (Å²) in [7, 11) is 0. The Bertz CT molecular complexity index is 292. The van der Waals surface area contributed by atoms with Gasteiger partial charge in [-0.3, -0.25) is 0 Å². The van der Waals surface area contributed by atoms with Crippen LogP contribution >= 0.6 is 0 Å². The molecular formula is C13H20F3N. The van der Waals surface area contributed by atoms with Gasteiger partial charge in [0.2, 0.25) is 0 Å². The minimum atomic E-state index is -4.06. The van der Waals surface area contributed by atoms with Crippen LogP contribution in [0.5, 0.6) is 0 Å². The molecule has 3 aliphatic rings. The van der Waals surface area contributed by atoms with E-state index in [1.54, 1.807) is 0 Å². The lowest BCUT2D eigenvalue weighted by atomic mass is 9.82. The molecule has 1 N–H and O–H groups in total. The predicted octanol–water partition coefficient (Wildman–Crippen LogP) is 3.64. The lowest BCUT2D eigenvalue weighted by Crippen LogP contribution is -2.51. The fourth-order valence-corrected chi connectivity index (χ4v) is 3.38. The van der Waals surface area contributed by atoms with Crippen LogP contribution in [0.15, 0.2) is 0 Å². The molecule has 2 unspecified atom stereocenters. The molecule has 3 rings (SSSR count). The van der Waals surface area contributed by atoms with Gasteiger partial charge in [-0.05, 0) is 50.4 Å². The second-order valence-electron chi connectivity index (χ2n) is 6.19. The molecule has 4 heteroatoms. The van der Waals surface area contributed by atoms with Crippen molar-refractivity contribution in [1.82, 2.24) is 5.32 Å². The number of rotatable bonds is 3. The van der Waals surface area contributed by atoms with Crippen LogP contribution in [-0.2, 0) is 0 Å². The monoisotopic (exact) mass is 247 g/mol. The van der Waals surface area contributed by atoms with Crippen molar-refractivity contribution in [3.8, 4) is 0 Å². The van der Waals surface area contributed by atoms with Gasteiger partial charge in [-0.1, -0.05) is 12.8 Å². The second-order valence-corrected chi connectivity index (χ2v) is 6.19. The molecule has 1 nitrogen and oxygen atoms in total. The molecule has 17 heavy (non-hydrogen) atoms. The third-order valence-corrected chi connectivity index (χ3v) is 4.78. The Morgan fingerprint density at radius 2 is 1.65 bits per heavy atom. The lowest BCUT2D eigenvalue weighted by Gasteiger charge is -2.34. The maximum Gasteiger partial charge on any atom is 0.406 e. The summed E-state index contributed by atoms with van der Waals surface area (Å²) in [6.07, 6.45) is 3.36. The van der Waals surface area contributed by atoms with Gasteiger partial charge in [0.15, 0.2) is 0 Å². The summed E-state index contributed by atoms with van der Waals surface area (Å²) < 4.78 is 38.6. The number of halogens is 3. The molecule has 0 aromatic heterocycles. The number of alkyl halides is 3. The fraction of sp³-hybridized carbons (Fsp3) is 1.00. The molecular weight excluding hydrogens is 227 g/mol. The van der Waals surface area contributed by atoms with Gasteiger partial charge < -0.3 is 5.32 Å². The summed E-state index contributed by atoms with van der Waals surface area (Å²) in [4.78, 5) is 0. The van der Waals surface area contributed by atoms with Crippen LogP contribution in [0, 0.1) is 11.8 Å². The molecule has 0 spiro atoms. The first-order chi connectivity index (χ1) is 8.00. The molecule has 0 saturated heterocycles. The Labute approximate surface area is 100 Å². The quantitative estimate of drug-likeness (QED) is 0.803. The summed E-state index contributed by atoms with van der Waals surface area (Å²) in [5.74, 6) is 1.53. The van der Waals surface area contributed by atoms with Gasteiger partial charge in [0, 0.05) is 6.04 Å². The van der Waals surface area contributed by atoms with Gasteiger partial charge >= 0.3 is 6.18 Å². The summed E-state index contributed by atoms with van der Waals surface area (Å²) in [6, 6.07) is 0.110. The highest BCUT2D eigenvalue weighted by Gasteiger charge is 2.63. The largest absolute Gasteiger partial charge is 0.406 e. The van der Waals surface area contributed by atoms with E-state index >= 15 is 0 Å². The highest BCUT2D eigenvalue weighted by atomic mass is 19.4. The van der Waals surface area contributed by atoms with Crippen LogP contribution in [-0.4, -0.2) is 17.8 Å². The van der Waals surface area contributed by atoms with Crippen LogP contribution in [0.4, 0.5) is 13.2 Å². The zero-order valence-electron chi connectivity index (χ0n) is 10.0. The van der Waals surface area contributed by atoms with Crippen LogP contribution in [0.3, 0.4) is 0 Å². The van der Waals surface area contributed by atoms with Crippen molar-refractivity contribution in [3.63, 3.8) is 0 Å². The molecule has 0 radical (unpaired) electrons. The zero-order chi connectivity index (χ0) is 12.1. The first kappa shape index (κ1) is 11.8. The Hall–Kier alpha value is -0.250. The van der Waals surface area contributed by atoms with E-state index in [-0.39, 0.29) is 18.9 Å². The van der Waals surface area contributed by atoms with Crippen LogP contribution in [0.2, 0.25) is 0 Å². The number of nitrogens with one attached hydrogen (secondary N) is 1. The first-order valence-electron chi connectivity index (χ1n) is 6.85. The molecule has 3 fully saturated rings. The Morgan fingerprint density at radius 3 is 2.18 bits per heavy atom. The van der Waals surface area contributed by atoms with Crippen molar-refractivity contribution >= 4 is 0 Å². The van der Waals surface area contributed by atoms with E-state index in [9.17, 15) is 13.2 Å². The van der Waals surface area contributed by atoms with Crippen molar-refractivity contribution in [2.24, 2.45) is 11.8 Å². The van der Waals surface area contributed by atoms with E-state index in [0.717, 1.165) is 25.2 Å². The van der Waals surface area contributed by atoms with Gasteiger partial charge in [0.25, 0.3) is 0 Å².